The smallest absolute Gasteiger partial charge is 0.341 e. The van der Waals surface area contributed by atoms with Gasteiger partial charge in [-0.2, -0.15) is 0 Å². The van der Waals surface area contributed by atoms with Crippen molar-refractivity contribution in [2.24, 2.45) is 0 Å². The summed E-state index contributed by atoms with van der Waals surface area (Å²) in [4.78, 5) is 13.0. The monoisotopic (exact) mass is 630 g/mol. The molecule has 0 saturated carbocycles. The summed E-state index contributed by atoms with van der Waals surface area (Å²) in [6.45, 7) is 0. The topological polar surface area (TPSA) is 66.8 Å². The summed E-state index contributed by atoms with van der Waals surface area (Å²) in [5.74, 6) is -0.283. The number of fused-ring (bicyclic) bond motifs is 1. The molecule has 142 valence electrons. The number of hydrogen-bond donors (Lipinski definition) is 2. The molecular formula is C20H10Br4O4. The lowest BCUT2D eigenvalue weighted by Gasteiger charge is -2.31. The van der Waals surface area contributed by atoms with E-state index >= 15 is 0 Å². The molecule has 1 heterocycles. The van der Waals surface area contributed by atoms with Gasteiger partial charge in [0.25, 0.3) is 0 Å². The molecule has 0 radical (unpaired) electrons. The number of rotatable bonds is 2. The summed E-state index contributed by atoms with van der Waals surface area (Å²) in [7, 11) is 0. The Kier molecular flexibility index (Phi) is 5.10. The lowest BCUT2D eigenvalue weighted by molar-refractivity contribution is 0.0249. The summed E-state index contributed by atoms with van der Waals surface area (Å²) in [5, 5.41) is 19.5. The van der Waals surface area contributed by atoms with E-state index < -0.39 is 11.6 Å². The summed E-state index contributed by atoms with van der Waals surface area (Å²) in [6, 6.07) is 13.0. The highest BCUT2D eigenvalue weighted by molar-refractivity contribution is 9.15. The lowest BCUT2D eigenvalue weighted by atomic mass is 9.80. The molecule has 0 unspecified atom stereocenters. The van der Waals surface area contributed by atoms with E-state index in [1.165, 1.54) is 0 Å². The van der Waals surface area contributed by atoms with Gasteiger partial charge in [0.05, 0.1) is 5.56 Å². The van der Waals surface area contributed by atoms with Gasteiger partial charge in [-0.05, 0) is 88.0 Å². The molecule has 0 saturated heterocycles. The number of benzene rings is 3. The van der Waals surface area contributed by atoms with Gasteiger partial charge in [-0.3, -0.25) is 0 Å². The second kappa shape index (κ2) is 7.16. The third-order valence-electron chi connectivity index (χ3n) is 4.62. The molecule has 0 amide bonds. The van der Waals surface area contributed by atoms with Gasteiger partial charge in [0.15, 0.2) is 5.60 Å². The maximum atomic E-state index is 13.0. The SMILES string of the molecule is O=C1OC(c2ccc(O)cc2)(c2ccc(O)cc2)c2c(Br)c(Br)c(Br)c(Br)c21. The van der Waals surface area contributed by atoms with Crippen LogP contribution in [0.3, 0.4) is 0 Å². The zero-order chi connectivity index (χ0) is 20.2. The van der Waals surface area contributed by atoms with Crippen molar-refractivity contribution in [3.8, 4) is 11.5 Å². The van der Waals surface area contributed by atoms with Crippen molar-refractivity contribution < 1.29 is 19.7 Å². The molecule has 0 bridgehead atoms. The Morgan fingerprint density at radius 3 is 1.57 bits per heavy atom. The Bertz CT molecular complexity index is 1060. The fourth-order valence-electron chi connectivity index (χ4n) is 3.36. The average Bonchev–Trinajstić information content (AvgIpc) is 3.00. The zero-order valence-electron chi connectivity index (χ0n) is 13.8. The predicted molar refractivity (Wildman–Crippen MR) is 119 cm³/mol. The predicted octanol–water partition coefficient (Wildman–Crippen LogP) is 6.61. The van der Waals surface area contributed by atoms with Crippen molar-refractivity contribution in [1.82, 2.24) is 0 Å². The Balaban J connectivity index is 2.15. The number of cyclic esters (lactones) is 1. The second-order valence-corrected chi connectivity index (χ2v) is 9.34. The van der Waals surface area contributed by atoms with Crippen LogP contribution in [0.5, 0.6) is 11.5 Å². The Hall–Kier alpha value is -1.35. The van der Waals surface area contributed by atoms with Gasteiger partial charge in [-0.15, -0.1) is 0 Å². The minimum absolute atomic E-state index is 0.103. The number of ether oxygens (including phenoxy) is 1. The highest BCUT2D eigenvalue weighted by Crippen LogP contribution is 2.55. The van der Waals surface area contributed by atoms with Gasteiger partial charge in [-0.1, -0.05) is 24.3 Å². The van der Waals surface area contributed by atoms with E-state index in [0.29, 0.717) is 35.7 Å². The van der Waals surface area contributed by atoms with E-state index in [2.05, 4.69) is 63.7 Å². The van der Waals surface area contributed by atoms with Crippen LogP contribution in [0.2, 0.25) is 0 Å². The fourth-order valence-corrected chi connectivity index (χ4v) is 5.92. The maximum absolute atomic E-state index is 13.0. The largest absolute Gasteiger partial charge is 0.508 e. The molecular weight excluding hydrogens is 624 g/mol. The zero-order valence-corrected chi connectivity index (χ0v) is 20.2. The van der Waals surface area contributed by atoms with E-state index in [1.54, 1.807) is 48.5 Å². The van der Waals surface area contributed by atoms with Crippen LogP contribution in [-0.2, 0) is 10.3 Å². The third-order valence-corrected chi connectivity index (χ3v) is 9.38. The van der Waals surface area contributed by atoms with Crippen LogP contribution >= 0.6 is 63.7 Å². The molecule has 1 aliphatic heterocycles. The molecule has 0 aromatic heterocycles. The molecule has 4 rings (SSSR count). The van der Waals surface area contributed by atoms with Crippen LogP contribution in [0, 0.1) is 0 Å². The van der Waals surface area contributed by atoms with Crippen LogP contribution in [0.4, 0.5) is 0 Å². The summed E-state index contributed by atoms with van der Waals surface area (Å²) in [6.07, 6.45) is 0. The molecule has 0 fully saturated rings. The first kappa shape index (κ1) is 19.9. The van der Waals surface area contributed by atoms with Gasteiger partial charge in [0.1, 0.15) is 11.5 Å². The number of phenolic OH excluding ortho intramolecular Hbond substituents is 2. The molecule has 4 nitrogen and oxygen atoms in total. The van der Waals surface area contributed by atoms with Crippen molar-refractivity contribution >= 4 is 69.7 Å². The lowest BCUT2D eigenvalue weighted by Crippen LogP contribution is -2.30. The number of aromatic hydroxyl groups is 2. The average molecular weight is 634 g/mol. The van der Waals surface area contributed by atoms with Crippen LogP contribution in [0.25, 0.3) is 0 Å². The minimum atomic E-state index is -1.27. The quantitative estimate of drug-likeness (QED) is 0.189. The minimum Gasteiger partial charge on any atom is -0.508 e. The Morgan fingerprint density at radius 1 is 0.679 bits per heavy atom. The molecule has 28 heavy (non-hydrogen) atoms. The first-order valence-corrected chi connectivity index (χ1v) is 11.1. The third kappa shape index (κ3) is 2.84. The number of carbonyl (C=O) groups excluding carboxylic acids is 1. The van der Waals surface area contributed by atoms with Crippen LogP contribution < -0.4 is 0 Å². The molecule has 3 aromatic rings. The first-order chi connectivity index (χ1) is 13.3. The van der Waals surface area contributed by atoms with Crippen LogP contribution in [0.1, 0.15) is 27.0 Å². The van der Waals surface area contributed by atoms with Crippen molar-refractivity contribution in [1.29, 1.82) is 0 Å². The fraction of sp³-hybridized carbons (Fsp3) is 0.0500. The molecule has 2 N–H and O–H groups in total. The van der Waals surface area contributed by atoms with E-state index in [0.717, 1.165) is 4.47 Å². The van der Waals surface area contributed by atoms with Gasteiger partial charge in [0.2, 0.25) is 0 Å². The molecule has 1 aliphatic rings. The highest BCUT2D eigenvalue weighted by Gasteiger charge is 2.52. The number of phenols is 2. The van der Waals surface area contributed by atoms with E-state index in [4.69, 9.17) is 4.74 Å². The molecule has 0 aliphatic carbocycles. The number of hydrogen-bond acceptors (Lipinski definition) is 4. The summed E-state index contributed by atoms with van der Waals surface area (Å²) < 4.78 is 8.67. The molecule has 3 aromatic carbocycles. The highest BCUT2D eigenvalue weighted by atomic mass is 79.9. The van der Waals surface area contributed by atoms with Crippen molar-refractivity contribution in [2.75, 3.05) is 0 Å². The van der Waals surface area contributed by atoms with E-state index in [1.807, 2.05) is 0 Å². The normalized spacial score (nSPS) is 14.6. The van der Waals surface area contributed by atoms with Gasteiger partial charge in [0, 0.05) is 34.6 Å². The van der Waals surface area contributed by atoms with Crippen molar-refractivity contribution in [2.45, 2.75) is 5.60 Å². The van der Waals surface area contributed by atoms with Crippen molar-refractivity contribution in [3.05, 3.63) is 88.7 Å². The molecule has 8 heteroatoms. The number of esters is 1. The van der Waals surface area contributed by atoms with Gasteiger partial charge < -0.3 is 14.9 Å². The van der Waals surface area contributed by atoms with Gasteiger partial charge >= 0.3 is 5.97 Å². The first-order valence-electron chi connectivity index (χ1n) is 7.96. The maximum Gasteiger partial charge on any atom is 0.341 e. The number of carbonyl (C=O) groups is 1. The Morgan fingerprint density at radius 2 is 1.11 bits per heavy atom. The van der Waals surface area contributed by atoms with Crippen LogP contribution in [-0.4, -0.2) is 16.2 Å². The summed E-state index contributed by atoms with van der Waals surface area (Å²) in [5.41, 5.74) is 1.06. The van der Waals surface area contributed by atoms with E-state index in [9.17, 15) is 15.0 Å². The standard InChI is InChI=1S/C20H10Br4O4/c21-15-13-14(16(22)18(24)17(15)23)20(28-19(13)27,9-1-5-11(25)6-2-9)10-3-7-12(26)8-4-10/h1-8,25-26H. The van der Waals surface area contributed by atoms with Crippen molar-refractivity contribution in [3.63, 3.8) is 0 Å². The summed E-state index contributed by atoms with van der Waals surface area (Å²) >= 11 is 14.1. The second-order valence-electron chi connectivity index (χ2n) is 6.17. The van der Waals surface area contributed by atoms with Gasteiger partial charge in [-0.25, -0.2) is 4.79 Å². The molecule has 0 atom stereocenters. The van der Waals surface area contributed by atoms with E-state index in [-0.39, 0.29) is 11.5 Å². The number of halogens is 4. The molecule has 0 spiro atoms. The Labute approximate surface area is 194 Å². The van der Waals surface area contributed by atoms with Crippen LogP contribution in [0.15, 0.2) is 66.4 Å².